The molecule has 0 saturated heterocycles. The van der Waals surface area contributed by atoms with Crippen molar-refractivity contribution in [3.05, 3.63) is 29.3 Å². The molecular weight excluding hydrogens is 198 g/mol. The highest BCUT2D eigenvalue weighted by Gasteiger charge is 2.36. The molecule has 1 aromatic carbocycles. The molecule has 2 rings (SSSR count). The number of nitrogens with zero attached hydrogens (tertiary/aromatic N) is 1. The molecule has 1 aromatic rings. The molecule has 0 atom stereocenters. The molecule has 0 saturated carbocycles. The Labute approximate surface area is 85.6 Å². The van der Waals surface area contributed by atoms with Crippen molar-refractivity contribution in [3.8, 4) is 5.75 Å². The van der Waals surface area contributed by atoms with Gasteiger partial charge in [0.05, 0.1) is 24.3 Å². The first-order chi connectivity index (χ1) is 7.16. The van der Waals surface area contributed by atoms with Gasteiger partial charge in [-0.05, 0) is 12.1 Å². The van der Waals surface area contributed by atoms with Crippen LogP contribution in [0.5, 0.6) is 5.75 Å². The average molecular weight is 207 g/mol. The number of carbonyl (C=O) groups is 2. The van der Waals surface area contributed by atoms with Gasteiger partial charge in [-0.2, -0.15) is 0 Å². The Morgan fingerprint density at radius 3 is 2.53 bits per heavy atom. The summed E-state index contributed by atoms with van der Waals surface area (Å²) in [5, 5.41) is 18.1. The molecule has 1 aliphatic rings. The number of phenols is 1. The van der Waals surface area contributed by atoms with Crippen LogP contribution in [0.4, 0.5) is 0 Å². The summed E-state index contributed by atoms with van der Waals surface area (Å²) >= 11 is 0. The number of benzene rings is 1. The Balaban J connectivity index is 2.51. The number of rotatable bonds is 2. The van der Waals surface area contributed by atoms with Crippen LogP contribution in [0.25, 0.3) is 0 Å². The number of amides is 2. The third-order valence-corrected chi connectivity index (χ3v) is 2.30. The first-order valence-corrected chi connectivity index (χ1v) is 4.46. The minimum atomic E-state index is -0.554. The Bertz CT molecular complexity index is 441. The highest BCUT2D eigenvalue weighted by atomic mass is 16.3. The van der Waals surface area contributed by atoms with E-state index in [0.717, 1.165) is 4.90 Å². The van der Waals surface area contributed by atoms with Gasteiger partial charge in [-0.15, -0.1) is 0 Å². The maximum Gasteiger partial charge on any atom is 0.265 e. The Morgan fingerprint density at radius 2 is 1.93 bits per heavy atom. The van der Waals surface area contributed by atoms with Crippen LogP contribution in [0.2, 0.25) is 0 Å². The molecule has 0 bridgehead atoms. The second-order valence-electron chi connectivity index (χ2n) is 3.19. The van der Waals surface area contributed by atoms with Crippen LogP contribution >= 0.6 is 0 Å². The summed E-state index contributed by atoms with van der Waals surface area (Å²) in [5.74, 6) is -1.23. The number of phenolic OH excluding ortho intramolecular Hbond substituents is 1. The fourth-order valence-corrected chi connectivity index (χ4v) is 1.62. The van der Waals surface area contributed by atoms with Crippen molar-refractivity contribution >= 4 is 11.8 Å². The number of aliphatic hydroxyl groups is 1. The summed E-state index contributed by atoms with van der Waals surface area (Å²) in [4.78, 5) is 24.2. The predicted octanol–water partition coefficient (Wildman–Crippen LogP) is -0.0195. The number of hydrogen-bond acceptors (Lipinski definition) is 4. The molecule has 15 heavy (non-hydrogen) atoms. The molecule has 2 amide bonds. The fraction of sp³-hybridized carbons (Fsp3) is 0.200. The zero-order valence-electron chi connectivity index (χ0n) is 7.80. The van der Waals surface area contributed by atoms with Gasteiger partial charge in [0.15, 0.2) is 0 Å². The molecule has 0 aromatic heterocycles. The summed E-state index contributed by atoms with van der Waals surface area (Å²) < 4.78 is 0. The number of aromatic hydroxyl groups is 1. The Morgan fingerprint density at radius 1 is 1.20 bits per heavy atom. The summed E-state index contributed by atoms with van der Waals surface area (Å²) in [6, 6.07) is 4.33. The summed E-state index contributed by atoms with van der Waals surface area (Å²) in [5.41, 5.74) is 0.212. The van der Waals surface area contributed by atoms with Crippen LogP contribution in [0.15, 0.2) is 18.2 Å². The molecular formula is C10H9NO4. The summed E-state index contributed by atoms with van der Waals surface area (Å²) in [6.07, 6.45) is 0. The SMILES string of the molecule is O=C1c2cccc(O)c2C(=O)N1CCO. The first-order valence-electron chi connectivity index (χ1n) is 4.46. The maximum atomic E-state index is 11.7. The molecule has 0 fully saturated rings. The summed E-state index contributed by atoms with van der Waals surface area (Å²) in [6.45, 7) is -0.335. The highest BCUT2D eigenvalue weighted by Crippen LogP contribution is 2.29. The number of carbonyl (C=O) groups excluding carboxylic acids is 2. The average Bonchev–Trinajstić information content (AvgIpc) is 2.45. The zero-order chi connectivity index (χ0) is 11.0. The topological polar surface area (TPSA) is 77.8 Å². The van der Waals surface area contributed by atoms with Crippen molar-refractivity contribution < 1.29 is 19.8 Å². The summed E-state index contributed by atoms with van der Waals surface area (Å²) in [7, 11) is 0. The van der Waals surface area contributed by atoms with Crippen LogP contribution < -0.4 is 0 Å². The number of hydrogen-bond donors (Lipinski definition) is 2. The van der Waals surface area contributed by atoms with Crippen LogP contribution in [0.3, 0.4) is 0 Å². The van der Waals surface area contributed by atoms with E-state index in [2.05, 4.69) is 0 Å². The van der Waals surface area contributed by atoms with Gasteiger partial charge in [0, 0.05) is 0 Å². The van der Waals surface area contributed by atoms with Crippen LogP contribution in [0.1, 0.15) is 20.7 Å². The predicted molar refractivity (Wildman–Crippen MR) is 50.6 cm³/mol. The number of aliphatic hydroxyl groups excluding tert-OH is 1. The van der Waals surface area contributed by atoms with E-state index in [4.69, 9.17) is 5.11 Å². The number of imide groups is 1. The van der Waals surface area contributed by atoms with Crippen molar-refractivity contribution in [3.63, 3.8) is 0 Å². The molecule has 1 aliphatic heterocycles. The van der Waals surface area contributed by atoms with Crippen molar-refractivity contribution in [2.75, 3.05) is 13.2 Å². The van der Waals surface area contributed by atoms with Crippen molar-refractivity contribution in [1.82, 2.24) is 4.90 Å². The third kappa shape index (κ3) is 1.28. The van der Waals surface area contributed by atoms with Gasteiger partial charge in [0.2, 0.25) is 0 Å². The van der Waals surface area contributed by atoms with Gasteiger partial charge in [-0.25, -0.2) is 0 Å². The second-order valence-corrected chi connectivity index (χ2v) is 3.19. The van der Waals surface area contributed by atoms with Gasteiger partial charge in [-0.1, -0.05) is 6.07 Å². The standard InChI is InChI=1S/C10H9NO4/c12-5-4-11-9(14)6-2-1-3-7(13)8(6)10(11)15/h1-3,12-13H,4-5H2. The van der Waals surface area contributed by atoms with E-state index in [-0.39, 0.29) is 30.0 Å². The lowest BCUT2D eigenvalue weighted by molar-refractivity contribution is 0.0623. The lowest BCUT2D eigenvalue weighted by atomic mass is 10.1. The normalized spacial score (nSPS) is 14.6. The highest BCUT2D eigenvalue weighted by molar-refractivity contribution is 6.22. The number of fused-ring (bicyclic) bond motifs is 1. The minimum absolute atomic E-state index is 0.0240. The van der Waals surface area contributed by atoms with E-state index in [1.54, 1.807) is 0 Å². The van der Waals surface area contributed by atoms with Gasteiger partial charge < -0.3 is 10.2 Å². The van der Waals surface area contributed by atoms with E-state index in [1.165, 1.54) is 18.2 Å². The molecule has 0 radical (unpaired) electrons. The Hall–Kier alpha value is -1.88. The quantitative estimate of drug-likeness (QED) is 0.668. The number of β-amino-alcohol motifs (C(OH)–C–C–N with tert-alkyl or cyclic N) is 1. The van der Waals surface area contributed by atoms with Crippen LogP contribution in [-0.2, 0) is 0 Å². The van der Waals surface area contributed by atoms with E-state index in [0.29, 0.717) is 0 Å². The molecule has 78 valence electrons. The van der Waals surface area contributed by atoms with Gasteiger partial charge in [0.1, 0.15) is 5.75 Å². The molecule has 2 N–H and O–H groups in total. The maximum absolute atomic E-state index is 11.7. The van der Waals surface area contributed by atoms with Crippen molar-refractivity contribution in [2.45, 2.75) is 0 Å². The van der Waals surface area contributed by atoms with Crippen molar-refractivity contribution in [1.29, 1.82) is 0 Å². The molecule has 5 heteroatoms. The van der Waals surface area contributed by atoms with E-state index in [1.807, 2.05) is 0 Å². The largest absolute Gasteiger partial charge is 0.507 e. The third-order valence-electron chi connectivity index (χ3n) is 2.30. The van der Waals surface area contributed by atoms with Gasteiger partial charge in [-0.3, -0.25) is 14.5 Å². The monoisotopic (exact) mass is 207 g/mol. The smallest absolute Gasteiger partial charge is 0.265 e. The second kappa shape index (κ2) is 3.36. The van der Waals surface area contributed by atoms with Gasteiger partial charge >= 0.3 is 0 Å². The van der Waals surface area contributed by atoms with E-state index in [9.17, 15) is 14.7 Å². The lowest BCUT2D eigenvalue weighted by Gasteiger charge is -2.10. The lowest BCUT2D eigenvalue weighted by Crippen LogP contribution is -2.32. The molecule has 1 heterocycles. The van der Waals surface area contributed by atoms with Gasteiger partial charge in [0.25, 0.3) is 11.8 Å². The van der Waals surface area contributed by atoms with Crippen LogP contribution in [0, 0.1) is 0 Å². The first kappa shape index (κ1) is 9.67. The van der Waals surface area contributed by atoms with Crippen LogP contribution in [-0.4, -0.2) is 40.1 Å². The Kier molecular flexibility index (Phi) is 2.17. The molecule has 0 unspecified atom stereocenters. The minimum Gasteiger partial charge on any atom is -0.507 e. The van der Waals surface area contributed by atoms with E-state index >= 15 is 0 Å². The molecule has 5 nitrogen and oxygen atoms in total. The van der Waals surface area contributed by atoms with E-state index < -0.39 is 11.8 Å². The zero-order valence-corrected chi connectivity index (χ0v) is 7.80. The molecule has 0 spiro atoms. The van der Waals surface area contributed by atoms with Crippen molar-refractivity contribution in [2.24, 2.45) is 0 Å². The molecule has 0 aliphatic carbocycles. The fourth-order valence-electron chi connectivity index (χ4n) is 1.62.